The Morgan fingerprint density at radius 3 is 2.32 bits per heavy atom. The molecule has 0 fully saturated rings. The van der Waals surface area contributed by atoms with E-state index < -0.39 is 32.7 Å². The molecule has 10 heteroatoms. The molecule has 1 unspecified atom stereocenters. The van der Waals surface area contributed by atoms with Crippen LogP contribution < -0.4 is 10.0 Å². The first-order valence-corrected chi connectivity index (χ1v) is 10.6. The first-order chi connectivity index (χ1) is 14.7. The maximum absolute atomic E-state index is 13.2. The van der Waals surface area contributed by atoms with E-state index in [1.807, 2.05) is 0 Å². The topological polar surface area (TPSA) is 118 Å². The zero-order valence-corrected chi connectivity index (χ0v) is 16.9. The lowest BCUT2D eigenvalue weighted by atomic mass is 10.1. The van der Waals surface area contributed by atoms with Gasteiger partial charge in [-0.15, -0.1) is 0 Å². The second-order valence-corrected chi connectivity index (χ2v) is 8.33. The Morgan fingerprint density at radius 1 is 1.00 bits per heavy atom. The van der Waals surface area contributed by atoms with Gasteiger partial charge in [0.2, 0.25) is 15.9 Å². The molecule has 0 bridgehead atoms. The Bertz CT molecular complexity index is 1190. The number of halogens is 1. The predicted molar refractivity (Wildman–Crippen MR) is 112 cm³/mol. The molecule has 3 rings (SSSR count). The van der Waals surface area contributed by atoms with Gasteiger partial charge in [0.1, 0.15) is 11.9 Å². The fraction of sp³-hybridized carbons (Fsp3) is 0.0952. The molecule has 0 heterocycles. The van der Waals surface area contributed by atoms with Gasteiger partial charge in [0.15, 0.2) is 0 Å². The maximum atomic E-state index is 13.2. The lowest BCUT2D eigenvalue weighted by Gasteiger charge is -2.19. The smallest absolute Gasteiger partial charge is 0.271 e. The number of nitro benzene ring substituents is 1. The van der Waals surface area contributed by atoms with Crippen molar-refractivity contribution < 1.29 is 22.5 Å². The number of non-ortho nitro benzene ring substituents is 1. The molecule has 1 atom stereocenters. The number of rotatable bonds is 8. The summed E-state index contributed by atoms with van der Waals surface area (Å²) in [6.45, 7) is 0. The molecule has 1 amide bonds. The number of sulfonamides is 1. The molecule has 0 saturated heterocycles. The van der Waals surface area contributed by atoms with Crippen molar-refractivity contribution in [3.63, 3.8) is 0 Å². The van der Waals surface area contributed by atoms with Crippen molar-refractivity contribution in [2.45, 2.75) is 17.4 Å². The van der Waals surface area contributed by atoms with Crippen LogP contribution in [0.3, 0.4) is 0 Å². The summed E-state index contributed by atoms with van der Waals surface area (Å²) in [6.07, 6.45) is 0.0298. The third-order valence-corrected chi connectivity index (χ3v) is 5.83. The highest BCUT2D eigenvalue weighted by molar-refractivity contribution is 7.89. The molecule has 31 heavy (non-hydrogen) atoms. The van der Waals surface area contributed by atoms with E-state index in [-0.39, 0.29) is 22.7 Å². The monoisotopic (exact) mass is 443 g/mol. The highest BCUT2D eigenvalue weighted by Crippen LogP contribution is 2.18. The van der Waals surface area contributed by atoms with E-state index in [0.717, 1.165) is 24.3 Å². The van der Waals surface area contributed by atoms with Gasteiger partial charge in [0.25, 0.3) is 5.69 Å². The largest absolute Gasteiger partial charge is 0.324 e. The fourth-order valence-corrected chi connectivity index (χ4v) is 4.03. The first kappa shape index (κ1) is 22.1. The van der Waals surface area contributed by atoms with Crippen LogP contribution in [-0.2, 0) is 21.2 Å². The van der Waals surface area contributed by atoms with Gasteiger partial charge in [-0.1, -0.05) is 36.4 Å². The summed E-state index contributed by atoms with van der Waals surface area (Å²) in [5, 5.41) is 13.5. The first-order valence-electron chi connectivity index (χ1n) is 9.12. The number of carbonyl (C=O) groups excluding carboxylic acids is 1. The SMILES string of the molecule is O=C(Nc1cccc([N+](=O)[O-])c1)C(Cc1ccccc1)NS(=O)(=O)c1ccc(F)cc1. The van der Waals surface area contributed by atoms with E-state index in [1.165, 1.54) is 24.3 Å². The molecular formula is C21H18FN3O5S. The number of benzene rings is 3. The fourth-order valence-electron chi connectivity index (χ4n) is 2.83. The molecule has 8 nitrogen and oxygen atoms in total. The van der Waals surface area contributed by atoms with Gasteiger partial charge in [-0.2, -0.15) is 4.72 Å². The van der Waals surface area contributed by atoms with Crippen LogP contribution >= 0.6 is 0 Å². The molecule has 0 aliphatic heterocycles. The number of nitrogens with one attached hydrogen (secondary N) is 2. The molecule has 0 saturated carbocycles. The van der Waals surface area contributed by atoms with Gasteiger partial charge in [0, 0.05) is 17.8 Å². The maximum Gasteiger partial charge on any atom is 0.271 e. The zero-order chi connectivity index (χ0) is 22.4. The Kier molecular flexibility index (Phi) is 6.73. The number of hydrogen-bond acceptors (Lipinski definition) is 5. The number of amides is 1. The minimum absolute atomic E-state index is 0.0298. The minimum atomic E-state index is -4.14. The van der Waals surface area contributed by atoms with Crippen molar-refractivity contribution in [2.24, 2.45) is 0 Å². The normalized spacial score (nSPS) is 12.2. The van der Waals surface area contributed by atoms with Crippen LogP contribution in [0, 0.1) is 15.9 Å². The second kappa shape index (κ2) is 9.45. The Labute approximate surface area is 177 Å². The summed E-state index contributed by atoms with van der Waals surface area (Å²) in [5.41, 5.74) is 0.631. The van der Waals surface area contributed by atoms with Crippen molar-refractivity contribution >= 4 is 27.3 Å². The van der Waals surface area contributed by atoms with Gasteiger partial charge < -0.3 is 5.32 Å². The van der Waals surface area contributed by atoms with Crippen LogP contribution in [0.5, 0.6) is 0 Å². The van der Waals surface area contributed by atoms with Gasteiger partial charge in [-0.25, -0.2) is 12.8 Å². The Hall–Kier alpha value is -3.63. The van der Waals surface area contributed by atoms with E-state index >= 15 is 0 Å². The summed E-state index contributed by atoms with van der Waals surface area (Å²) in [4.78, 5) is 23.0. The average Bonchev–Trinajstić information content (AvgIpc) is 2.74. The molecule has 0 aliphatic carbocycles. The molecule has 0 radical (unpaired) electrons. The molecule has 0 spiro atoms. The predicted octanol–water partition coefficient (Wildman–Crippen LogP) is 3.26. The van der Waals surface area contributed by atoms with Crippen LogP contribution in [0.25, 0.3) is 0 Å². The van der Waals surface area contributed by atoms with Gasteiger partial charge in [-0.05, 0) is 42.3 Å². The summed E-state index contributed by atoms with van der Waals surface area (Å²) < 4.78 is 41.0. The van der Waals surface area contributed by atoms with Crippen LogP contribution in [-0.4, -0.2) is 25.3 Å². The van der Waals surface area contributed by atoms with E-state index in [1.54, 1.807) is 30.3 Å². The van der Waals surface area contributed by atoms with E-state index in [0.29, 0.717) is 5.56 Å². The molecular weight excluding hydrogens is 425 g/mol. The summed E-state index contributed by atoms with van der Waals surface area (Å²) in [5.74, 6) is -1.29. The van der Waals surface area contributed by atoms with Crippen LogP contribution in [0.1, 0.15) is 5.56 Å². The van der Waals surface area contributed by atoms with Gasteiger partial charge in [-0.3, -0.25) is 14.9 Å². The number of carbonyl (C=O) groups is 1. The van der Waals surface area contributed by atoms with E-state index in [4.69, 9.17) is 0 Å². The molecule has 160 valence electrons. The van der Waals surface area contributed by atoms with Gasteiger partial charge >= 0.3 is 0 Å². The van der Waals surface area contributed by atoms with Crippen molar-refractivity contribution in [2.75, 3.05) is 5.32 Å². The standard InChI is InChI=1S/C21H18FN3O5S/c22-16-9-11-19(12-10-16)31(29,30)24-20(13-15-5-2-1-3-6-15)21(26)23-17-7-4-8-18(14-17)25(27)28/h1-12,14,20,24H,13H2,(H,23,26). The average molecular weight is 443 g/mol. The number of nitrogens with zero attached hydrogens (tertiary/aromatic N) is 1. The van der Waals surface area contributed by atoms with Crippen molar-refractivity contribution in [1.29, 1.82) is 0 Å². The second-order valence-electron chi connectivity index (χ2n) is 6.61. The highest BCUT2D eigenvalue weighted by Gasteiger charge is 2.26. The number of anilines is 1. The third kappa shape index (κ3) is 5.93. The summed E-state index contributed by atoms with van der Waals surface area (Å²) >= 11 is 0. The van der Waals surface area contributed by atoms with Crippen molar-refractivity contribution in [3.8, 4) is 0 Å². The van der Waals surface area contributed by atoms with Gasteiger partial charge in [0.05, 0.1) is 9.82 Å². The van der Waals surface area contributed by atoms with Crippen LogP contribution in [0.4, 0.5) is 15.8 Å². The van der Waals surface area contributed by atoms with Crippen molar-refractivity contribution in [1.82, 2.24) is 4.72 Å². The Balaban J connectivity index is 1.86. The third-order valence-electron chi connectivity index (χ3n) is 4.34. The molecule has 3 aromatic carbocycles. The van der Waals surface area contributed by atoms with Crippen LogP contribution in [0.2, 0.25) is 0 Å². The summed E-state index contributed by atoms with van der Waals surface area (Å²) in [7, 11) is -4.14. The molecule has 0 aromatic heterocycles. The summed E-state index contributed by atoms with van der Waals surface area (Å²) in [6, 6.07) is 17.0. The minimum Gasteiger partial charge on any atom is -0.324 e. The molecule has 0 aliphatic rings. The number of nitro groups is 1. The zero-order valence-electron chi connectivity index (χ0n) is 16.1. The molecule has 3 aromatic rings. The van der Waals surface area contributed by atoms with Crippen LogP contribution in [0.15, 0.2) is 83.8 Å². The lowest BCUT2D eigenvalue weighted by molar-refractivity contribution is -0.384. The number of hydrogen-bond donors (Lipinski definition) is 2. The van der Waals surface area contributed by atoms with Crippen molar-refractivity contribution in [3.05, 3.63) is 100 Å². The van der Waals surface area contributed by atoms with E-state index in [9.17, 15) is 27.7 Å². The Morgan fingerprint density at radius 2 is 1.68 bits per heavy atom. The molecule has 2 N–H and O–H groups in total. The lowest BCUT2D eigenvalue weighted by Crippen LogP contribution is -2.45. The quantitative estimate of drug-likeness (QED) is 0.409. The highest BCUT2D eigenvalue weighted by atomic mass is 32.2. The van der Waals surface area contributed by atoms with E-state index in [2.05, 4.69) is 10.0 Å².